The number of nitrogens with zero attached hydrogens (tertiary/aromatic N) is 1. The molecule has 0 aliphatic heterocycles. The quantitative estimate of drug-likeness (QED) is 0.455. The third-order valence-corrected chi connectivity index (χ3v) is 5.93. The van der Waals surface area contributed by atoms with E-state index in [2.05, 4.69) is 5.32 Å². The van der Waals surface area contributed by atoms with E-state index in [9.17, 15) is 18.0 Å². The van der Waals surface area contributed by atoms with E-state index in [1.165, 1.54) is 6.07 Å². The van der Waals surface area contributed by atoms with Crippen LogP contribution in [0.25, 0.3) is 0 Å². The molecule has 0 aromatic heterocycles. The number of ether oxygens (including phenoxy) is 2. The molecule has 0 unspecified atom stereocenters. The van der Waals surface area contributed by atoms with Crippen molar-refractivity contribution in [3.63, 3.8) is 0 Å². The van der Waals surface area contributed by atoms with Gasteiger partial charge in [-0.3, -0.25) is 9.10 Å². The van der Waals surface area contributed by atoms with Crippen molar-refractivity contribution in [2.45, 2.75) is 13.8 Å². The van der Waals surface area contributed by atoms with Gasteiger partial charge >= 0.3 is 5.97 Å². The summed E-state index contributed by atoms with van der Waals surface area (Å²) in [6, 6.07) is 20.3. The summed E-state index contributed by atoms with van der Waals surface area (Å²) in [4.78, 5) is 24.7. The number of para-hydroxylation sites is 3. The molecule has 3 aromatic carbocycles. The molecule has 34 heavy (non-hydrogen) atoms. The van der Waals surface area contributed by atoms with Crippen LogP contribution in [-0.4, -0.2) is 39.7 Å². The number of esters is 1. The number of rotatable bonds is 9. The molecule has 0 heterocycles. The average molecular weight is 483 g/mol. The minimum Gasteiger partial charge on any atom is -0.462 e. The zero-order valence-electron chi connectivity index (χ0n) is 19.1. The third-order valence-electron chi connectivity index (χ3n) is 4.80. The molecule has 0 saturated heterocycles. The highest BCUT2D eigenvalue weighted by atomic mass is 32.2. The number of sulfonamides is 1. The fraction of sp³-hybridized carbons (Fsp3) is 0.200. The number of nitrogens with one attached hydrogen (secondary N) is 1. The Labute approximate surface area is 199 Å². The monoisotopic (exact) mass is 482 g/mol. The van der Waals surface area contributed by atoms with Gasteiger partial charge in [0, 0.05) is 5.69 Å². The number of carbonyl (C=O) groups excluding carboxylic acids is 2. The van der Waals surface area contributed by atoms with Gasteiger partial charge < -0.3 is 14.8 Å². The molecule has 0 bridgehead atoms. The van der Waals surface area contributed by atoms with Crippen molar-refractivity contribution >= 4 is 33.3 Å². The SMILES string of the molecule is CCOC(=O)c1ccc(NC(=O)CN(c2ccccc2Oc2ccccc2)S(C)(=O)=O)c(C)c1. The van der Waals surface area contributed by atoms with Crippen LogP contribution in [0.1, 0.15) is 22.8 Å². The Morgan fingerprint density at radius 1 is 0.971 bits per heavy atom. The van der Waals surface area contributed by atoms with Crippen molar-refractivity contribution in [1.29, 1.82) is 0 Å². The zero-order chi connectivity index (χ0) is 24.7. The maximum atomic E-state index is 12.8. The smallest absolute Gasteiger partial charge is 0.338 e. The minimum atomic E-state index is -3.82. The van der Waals surface area contributed by atoms with E-state index in [1.807, 2.05) is 6.07 Å². The molecule has 0 aliphatic carbocycles. The first-order chi connectivity index (χ1) is 16.2. The molecule has 3 aromatic rings. The molecular weight excluding hydrogens is 456 g/mol. The summed E-state index contributed by atoms with van der Waals surface area (Å²) in [6.45, 7) is 3.24. The van der Waals surface area contributed by atoms with Crippen molar-refractivity contribution in [3.05, 3.63) is 83.9 Å². The lowest BCUT2D eigenvalue weighted by Gasteiger charge is -2.24. The fourth-order valence-electron chi connectivity index (χ4n) is 3.21. The summed E-state index contributed by atoms with van der Waals surface area (Å²) in [5, 5.41) is 2.71. The van der Waals surface area contributed by atoms with Gasteiger partial charge in [0.25, 0.3) is 0 Å². The average Bonchev–Trinajstić information content (AvgIpc) is 2.79. The molecule has 0 atom stereocenters. The molecule has 0 aliphatic rings. The van der Waals surface area contributed by atoms with Gasteiger partial charge in [0.15, 0.2) is 5.75 Å². The van der Waals surface area contributed by atoms with Crippen LogP contribution < -0.4 is 14.4 Å². The van der Waals surface area contributed by atoms with Crippen LogP contribution in [0.15, 0.2) is 72.8 Å². The maximum Gasteiger partial charge on any atom is 0.338 e. The van der Waals surface area contributed by atoms with E-state index < -0.39 is 28.4 Å². The lowest BCUT2D eigenvalue weighted by Crippen LogP contribution is -2.37. The van der Waals surface area contributed by atoms with Gasteiger partial charge in [0.1, 0.15) is 12.3 Å². The summed E-state index contributed by atoms with van der Waals surface area (Å²) in [6.07, 6.45) is 1.03. The van der Waals surface area contributed by atoms with Gasteiger partial charge in [0.2, 0.25) is 15.9 Å². The molecule has 0 spiro atoms. The molecular formula is C25H26N2O6S. The van der Waals surface area contributed by atoms with Crippen molar-refractivity contribution in [2.75, 3.05) is 29.0 Å². The summed E-state index contributed by atoms with van der Waals surface area (Å²) >= 11 is 0. The molecule has 0 saturated carbocycles. The molecule has 178 valence electrons. The number of carbonyl (C=O) groups is 2. The van der Waals surface area contributed by atoms with Gasteiger partial charge in [-0.05, 0) is 61.9 Å². The van der Waals surface area contributed by atoms with E-state index in [0.29, 0.717) is 28.3 Å². The topological polar surface area (TPSA) is 102 Å². The number of anilines is 2. The first-order valence-corrected chi connectivity index (χ1v) is 12.4. The van der Waals surface area contributed by atoms with Crippen LogP contribution in [0, 0.1) is 6.92 Å². The molecule has 0 radical (unpaired) electrons. The Morgan fingerprint density at radius 3 is 2.29 bits per heavy atom. The molecule has 1 N–H and O–H groups in total. The van der Waals surface area contributed by atoms with Crippen LogP contribution in [0.3, 0.4) is 0 Å². The van der Waals surface area contributed by atoms with Gasteiger partial charge in [-0.25, -0.2) is 13.2 Å². The third kappa shape index (κ3) is 6.35. The van der Waals surface area contributed by atoms with E-state index in [4.69, 9.17) is 9.47 Å². The molecule has 1 amide bonds. The van der Waals surface area contributed by atoms with Crippen LogP contribution in [0.4, 0.5) is 11.4 Å². The number of hydrogen-bond acceptors (Lipinski definition) is 6. The lowest BCUT2D eigenvalue weighted by atomic mass is 10.1. The standard InChI is InChI=1S/C25H26N2O6S/c1-4-32-25(29)19-14-15-21(18(2)16-19)26-24(28)17-27(34(3,30)31)22-12-8-9-13-23(22)33-20-10-6-5-7-11-20/h5-16H,4,17H2,1-3H3,(H,26,28). The van der Waals surface area contributed by atoms with Gasteiger partial charge in [-0.1, -0.05) is 30.3 Å². The van der Waals surface area contributed by atoms with E-state index in [1.54, 1.807) is 74.5 Å². The number of benzene rings is 3. The van der Waals surface area contributed by atoms with Crippen molar-refractivity contribution in [2.24, 2.45) is 0 Å². The molecule has 9 heteroatoms. The second kappa shape index (κ2) is 10.8. The van der Waals surface area contributed by atoms with Crippen LogP contribution >= 0.6 is 0 Å². The predicted octanol–water partition coefficient (Wildman–Crippen LogP) is 4.37. The van der Waals surface area contributed by atoms with Crippen LogP contribution in [0.2, 0.25) is 0 Å². The highest BCUT2D eigenvalue weighted by Crippen LogP contribution is 2.33. The lowest BCUT2D eigenvalue weighted by molar-refractivity contribution is -0.114. The second-order valence-corrected chi connectivity index (χ2v) is 9.36. The number of hydrogen-bond donors (Lipinski definition) is 1. The van der Waals surface area contributed by atoms with Crippen LogP contribution in [-0.2, 0) is 19.6 Å². The van der Waals surface area contributed by atoms with Crippen LogP contribution in [0.5, 0.6) is 11.5 Å². The Hall–Kier alpha value is -3.85. The van der Waals surface area contributed by atoms with E-state index >= 15 is 0 Å². The van der Waals surface area contributed by atoms with E-state index in [-0.39, 0.29) is 12.3 Å². The minimum absolute atomic E-state index is 0.235. The summed E-state index contributed by atoms with van der Waals surface area (Å²) in [5.74, 6) is -0.180. The zero-order valence-corrected chi connectivity index (χ0v) is 20.0. The largest absolute Gasteiger partial charge is 0.462 e. The van der Waals surface area contributed by atoms with Crippen molar-refractivity contribution < 1.29 is 27.5 Å². The van der Waals surface area contributed by atoms with Gasteiger partial charge in [-0.2, -0.15) is 0 Å². The van der Waals surface area contributed by atoms with Gasteiger partial charge in [0.05, 0.1) is 24.1 Å². The molecule has 3 rings (SSSR count). The Kier molecular flexibility index (Phi) is 7.91. The highest BCUT2D eigenvalue weighted by Gasteiger charge is 2.24. The predicted molar refractivity (Wildman–Crippen MR) is 131 cm³/mol. The fourth-order valence-corrected chi connectivity index (χ4v) is 4.07. The first-order valence-electron chi connectivity index (χ1n) is 10.6. The summed E-state index contributed by atoms with van der Waals surface area (Å²) < 4.78 is 37.1. The number of aryl methyl sites for hydroxylation is 1. The summed E-state index contributed by atoms with van der Waals surface area (Å²) in [7, 11) is -3.82. The van der Waals surface area contributed by atoms with Crippen molar-refractivity contribution in [3.8, 4) is 11.5 Å². The summed E-state index contributed by atoms with van der Waals surface area (Å²) in [5.41, 5.74) is 1.69. The first kappa shape index (κ1) is 24.8. The maximum absolute atomic E-state index is 12.8. The number of amides is 1. The Morgan fingerprint density at radius 2 is 1.65 bits per heavy atom. The molecule has 8 nitrogen and oxygen atoms in total. The Bertz CT molecular complexity index is 1280. The Balaban J connectivity index is 1.82. The molecule has 0 fully saturated rings. The van der Waals surface area contributed by atoms with Crippen molar-refractivity contribution in [1.82, 2.24) is 0 Å². The normalized spacial score (nSPS) is 10.9. The second-order valence-electron chi connectivity index (χ2n) is 7.45. The van der Waals surface area contributed by atoms with Gasteiger partial charge in [-0.15, -0.1) is 0 Å². The van der Waals surface area contributed by atoms with E-state index in [0.717, 1.165) is 10.6 Å². The highest BCUT2D eigenvalue weighted by molar-refractivity contribution is 7.92.